The molecular weight excluding hydrogens is 449 g/mol. The van der Waals surface area contributed by atoms with Crippen LogP contribution in [0.2, 0.25) is 5.02 Å². The zero-order chi connectivity index (χ0) is 22.7. The molecular formula is C23H25ClFN5OS. The highest BCUT2D eigenvalue weighted by Crippen LogP contribution is 2.31. The predicted molar refractivity (Wildman–Crippen MR) is 126 cm³/mol. The number of fused-ring (bicyclic) bond motifs is 1. The fourth-order valence-corrected chi connectivity index (χ4v) is 4.59. The Labute approximate surface area is 196 Å². The average Bonchev–Trinajstić information content (AvgIpc) is 3.25. The number of hydrogen-bond donors (Lipinski definition) is 1. The van der Waals surface area contributed by atoms with Crippen molar-refractivity contribution < 1.29 is 9.18 Å². The lowest BCUT2D eigenvalue weighted by atomic mass is 10.0. The van der Waals surface area contributed by atoms with Gasteiger partial charge in [-0.25, -0.2) is 18.9 Å². The topological polar surface area (TPSA) is 63.1 Å². The minimum atomic E-state index is -0.472. The predicted octanol–water partition coefficient (Wildman–Crippen LogP) is 5.79. The maximum Gasteiger partial charge on any atom is 0.322 e. The second-order valence-corrected chi connectivity index (χ2v) is 8.90. The van der Waals surface area contributed by atoms with E-state index in [9.17, 15) is 9.18 Å². The summed E-state index contributed by atoms with van der Waals surface area (Å²) in [4.78, 5) is 19.4. The zero-order valence-corrected chi connectivity index (χ0v) is 19.6. The largest absolute Gasteiger partial charge is 0.331 e. The molecule has 0 saturated carbocycles. The van der Waals surface area contributed by atoms with E-state index in [1.165, 1.54) is 6.07 Å². The first kappa shape index (κ1) is 22.6. The lowest BCUT2D eigenvalue weighted by Crippen LogP contribution is -2.44. The van der Waals surface area contributed by atoms with Gasteiger partial charge in [0.1, 0.15) is 5.82 Å². The van der Waals surface area contributed by atoms with Gasteiger partial charge in [0.15, 0.2) is 0 Å². The fraction of sp³-hybridized carbons (Fsp3) is 0.348. The smallest absolute Gasteiger partial charge is 0.322 e. The number of amides is 2. The van der Waals surface area contributed by atoms with E-state index in [1.54, 1.807) is 45.9 Å². The Morgan fingerprint density at radius 2 is 2.19 bits per heavy atom. The van der Waals surface area contributed by atoms with Crippen LogP contribution in [0.15, 0.2) is 47.8 Å². The maximum absolute atomic E-state index is 13.6. The molecule has 0 aliphatic carbocycles. The van der Waals surface area contributed by atoms with Crippen LogP contribution in [-0.4, -0.2) is 33.6 Å². The lowest BCUT2D eigenvalue weighted by molar-refractivity contribution is 0.241. The molecule has 2 aromatic heterocycles. The first-order valence-corrected chi connectivity index (χ1v) is 12.2. The summed E-state index contributed by atoms with van der Waals surface area (Å²) in [5, 5.41) is 8.65. The number of anilines is 1. The van der Waals surface area contributed by atoms with E-state index in [2.05, 4.69) is 22.3 Å². The van der Waals surface area contributed by atoms with Crippen LogP contribution in [0, 0.1) is 5.82 Å². The summed E-state index contributed by atoms with van der Waals surface area (Å²) in [6.45, 7) is 2.71. The molecule has 1 N–H and O–H groups in total. The van der Waals surface area contributed by atoms with Crippen LogP contribution < -0.4 is 10.2 Å². The van der Waals surface area contributed by atoms with E-state index in [0.29, 0.717) is 12.2 Å². The molecule has 4 rings (SSSR count). The number of nitrogens with zero attached hydrogens (tertiary/aromatic N) is 4. The van der Waals surface area contributed by atoms with E-state index in [1.807, 2.05) is 18.4 Å². The lowest BCUT2D eigenvalue weighted by Gasteiger charge is -2.30. The summed E-state index contributed by atoms with van der Waals surface area (Å²) in [6.07, 6.45) is 8.82. The molecule has 1 aliphatic heterocycles. The Morgan fingerprint density at radius 1 is 1.34 bits per heavy atom. The van der Waals surface area contributed by atoms with E-state index >= 15 is 0 Å². The molecule has 2 amide bonds. The molecule has 0 spiro atoms. The number of carbonyl (C=O) groups excluding carboxylic acids is 1. The van der Waals surface area contributed by atoms with Gasteiger partial charge in [-0.1, -0.05) is 24.9 Å². The Kier molecular flexibility index (Phi) is 7.01. The number of hydrogen-bond acceptors (Lipinski definition) is 4. The number of aromatic nitrogens is 3. The van der Waals surface area contributed by atoms with Crippen molar-refractivity contribution >= 4 is 35.1 Å². The maximum atomic E-state index is 13.6. The third kappa shape index (κ3) is 4.61. The minimum absolute atomic E-state index is 0.0431. The molecule has 1 aromatic carbocycles. The van der Waals surface area contributed by atoms with Gasteiger partial charge in [-0.3, -0.25) is 4.90 Å². The molecule has 3 aromatic rings. The number of halogens is 2. The highest BCUT2D eigenvalue weighted by Gasteiger charge is 2.28. The van der Waals surface area contributed by atoms with Crippen LogP contribution in [0.4, 0.5) is 14.9 Å². The first-order chi connectivity index (χ1) is 15.5. The second-order valence-electron chi connectivity index (χ2n) is 7.66. The third-order valence-electron chi connectivity index (χ3n) is 5.57. The Bertz CT molecular complexity index is 1120. The van der Waals surface area contributed by atoms with Crippen molar-refractivity contribution in [1.29, 1.82) is 0 Å². The SMILES string of the molecule is CCCC(NC(=O)N1CCCc2c1cnn2-c1ccc(F)c(Cl)c1)c1ccnc(SC)c1. The van der Waals surface area contributed by atoms with Crippen molar-refractivity contribution in [1.82, 2.24) is 20.1 Å². The summed E-state index contributed by atoms with van der Waals surface area (Å²) in [5.74, 6) is -0.472. The van der Waals surface area contributed by atoms with Gasteiger partial charge in [0.25, 0.3) is 0 Å². The quantitative estimate of drug-likeness (QED) is 0.460. The van der Waals surface area contributed by atoms with E-state index in [-0.39, 0.29) is 17.1 Å². The van der Waals surface area contributed by atoms with Crippen LogP contribution in [0.25, 0.3) is 5.69 Å². The Morgan fingerprint density at radius 3 is 2.94 bits per heavy atom. The van der Waals surface area contributed by atoms with Crippen molar-refractivity contribution in [3.8, 4) is 5.69 Å². The number of nitrogens with one attached hydrogen (secondary N) is 1. The molecule has 0 saturated heterocycles. The van der Waals surface area contributed by atoms with Gasteiger partial charge in [-0.2, -0.15) is 5.10 Å². The van der Waals surface area contributed by atoms with Gasteiger partial charge in [-0.15, -0.1) is 11.8 Å². The van der Waals surface area contributed by atoms with Crippen molar-refractivity contribution in [2.45, 2.75) is 43.7 Å². The summed E-state index contributed by atoms with van der Waals surface area (Å²) in [7, 11) is 0. The van der Waals surface area contributed by atoms with Crippen LogP contribution in [0.3, 0.4) is 0 Å². The molecule has 0 bridgehead atoms. The standard InChI is InChI=1S/C23H25ClFN5OS/c1-3-5-19(15-9-10-26-22(12-15)32-2)28-23(31)29-11-4-6-20-21(29)14-27-30(20)16-7-8-18(25)17(24)13-16/h7-10,12-14,19H,3-6,11H2,1-2H3,(H,28,31). The molecule has 32 heavy (non-hydrogen) atoms. The van der Waals surface area contributed by atoms with Crippen molar-refractivity contribution in [3.05, 3.63) is 64.8 Å². The van der Waals surface area contributed by atoms with Crippen LogP contribution in [-0.2, 0) is 6.42 Å². The number of rotatable bonds is 6. The summed E-state index contributed by atoms with van der Waals surface area (Å²) in [5.41, 5.74) is 3.40. The van der Waals surface area contributed by atoms with Crippen LogP contribution in [0.5, 0.6) is 0 Å². The summed E-state index contributed by atoms with van der Waals surface area (Å²) < 4.78 is 15.3. The Balaban J connectivity index is 1.59. The highest BCUT2D eigenvalue weighted by atomic mass is 35.5. The van der Waals surface area contributed by atoms with Gasteiger partial charge < -0.3 is 5.32 Å². The molecule has 0 radical (unpaired) electrons. The monoisotopic (exact) mass is 473 g/mol. The fourth-order valence-electron chi connectivity index (χ4n) is 3.99. The van der Waals surface area contributed by atoms with Gasteiger partial charge in [-0.05, 0) is 61.4 Å². The zero-order valence-electron chi connectivity index (χ0n) is 18.0. The van der Waals surface area contributed by atoms with Crippen molar-refractivity contribution in [3.63, 3.8) is 0 Å². The number of thioether (sulfide) groups is 1. The average molecular weight is 474 g/mol. The molecule has 1 aliphatic rings. The van der Waals surface area contributed by atoms with E-state index in [0.717, 1.165) is 47.7 Å². The van der Waals surface area contributed by atoms with Gasteiger partial charge in [0, 0.05) is 12.7 Å². The summed E-state index contributed by atoms with van der Waals surface area (Å²) in [6, 6.07) is 8.25. The van der Waals surface area contributed by atoms with Gasteiger partial charge in [0.05, 0.1) is 39.4 Å². The molecule has 168 valence electrons. The number of carbonyl (C=O) groups is 1. The molecule has 1 atom stereocenters. The van der Waals surface area contributed by atoms with E-state index < -0.39 is 5.82 Å². The Hall–Kier alpha value is -2.58. The highest BCUT2D eigenvalue weighted by molar-refractivity contribution is 7.98. The second kappa shape index (κ2) is 9.92. The molecule has 1 unspecified atom stereocenters. The third-order valence-corrected chi connectivity index (χ3v) is 6.50. The first-order valence-electron chi connectivity index (χ1n) is 10.6. The van der Waals surface area contributed by atoms with Gasteiger partial charge >= 0.3 is 6.03 Å². The van der Waals surface area contributed by atoms with Gasteiger partial charge in [0.2, 0.25) is 0 Å². The normalized spacial score (nSPS) is 14.2. The van der Waals surface area contributed by atoms with Crippen LogP contribution in [0.1, 0.15) is 43.5 Å². The summed E-state index contributed by atoms with van der Waals surface area (Å²) >= 11 is 7.54. The minimum Gasteiger partial charge on any atom is -0.331 e. The number of pyridine rings is 1. The van der Waals surface area contributed by atoms with Crippen LogP contribution >= 0.6 is 23.4 Å². The number of benzene rings is 1. The van der Waals surface area contributed by atoms with E-state index in [4.69, 9.17) is 11.6 Å². The molecule has 3 heterocycles. The molecule has 6 nitrogen and oxygen atoms in total. The molecule has 0 fully saturated rings. The van der Waals surface area contributed by atoms with Crippen molar-refractivity contribution in [2.75, 3.05) is 17.7 Å². The molecule has 9 heteroatoms. The number of urea groups is 1. The van der Waals surface area contributed by atoms with Crippen molar-refractivity contribution in [2.24, 2.45) is 0 Å².